The standard InChI is InChI=1S/C21H21ClN2O2/c1-25-19-10-14-5-7-24(12-16(14)11-20(19)26-2)13-17-9-18(22)8-15-4-3-6-23-21(15)17/h3-4,6,8-11H,5,7,12-13H2,1-2H3. The number of ether oxygens (including phenoxy) is 2. The van der Waals surface area contributed by atoms with Gasteiger partial charge in [-0.15, -0.1) is 0 Å². The molecule has 0 spiro atoms. The van der Waals surface area contributed by atoms with E-state index < -0.39 is 0 Å². The van der Waals surface area contributed by atoms with E-state index in [1.54, 1.807) is 14.2 Å². The van der Waals surface area contributed by atoms with Crippen LogP contribution in [0.25, 0.3) is 10.9 Å². The molecule has 0 saturated heterocycles. The van der Waals surface area contributed by atoms with Gasteiger partial charge in [-0.3, -0.25) is 9.88 Å². The molecule has 0 N–H and O–H groups in total. The Bertz CT molecular complexity index is 958. The number of benzene rings is 2. The van der Waals surface area contributed by atoms with Crippen molar-refractivity contribution in [3.8, 4) is 11.5 Å². The quantitative estimate of drug-likeness (QED) is 0.680. The second-order valence-corrected chi connectivity index (χ2v) is 7.01. The van der Waals surface area contributed by atoms with E-state index >= 15 is 0 Å². The van der Waals surface area contributed by atoms with E-state index in [1.165, 1.54) is 11.1 Å². The van der Waals surface area contributed by atoms with Gasteiger partial charge in [0.25, 0.3) is 0 Å². The highest BCUT2D eigenvalue weighted by Crippen LogP contribution is 2.34. The summed E-state index contributed by atoms with van der Waals surface area (Å²) in [5.74, 6) is 1.58. The van der Waals surface area contributed by atoms with E-state index in [9.17, 15) is 0 Å². The highest BCUT2D eigenvalue weighted by atomic mass is 35.5. The Labute approximate surface area is 158 Å². The van der Waals surface area contributed by atoms with Crippen LogP contribution >= 0.6 is 11.6 Å². The van der Waals surface area contributed by atoms with Gasteiger partial charge in [0.2, 0.25) is 0 Å². The lowest BCUT2D eigenvalue weighted by Gasteiger charge is -2.29. The van der Waals surface area contributed by atoms with Crippen LogP contribution in [0, 0.1) is 0 Å². The van der Waals surface area contributed by atoms with Crippen LogP contribution in [-0.4, -0.2) is 30.6 Å². The maximum atomic E-state index is 6.32. The normalized spacial score (nSPS) is 14.3. The molecule has 0 saturated carbocycles. The number of rotatable bonds is 4. The molecule has 0 bridgehead atoms. The number of nitrogens with zero attached hydrogens (tertiary/aromatic N) is 2. The summed E-state index contributed by atoms with van der Waals surface area (Å²) in [6, 6.07) is 12.2. The lowest BCUT2D eigenvalue weighted by molar-refractivity contribution is 0.245. The number of fused-ring (bicyclic) bond motifs is 2. The zero-order chi connectivity index (χ0) is 18.1. The highest BCUT2D eigenvalue weighted by Gasteiger charge is 2.20. The molecule has 0 fully saturated rings. The topological polar surface area (TPSA) is 34.6 Å². The summed E-state index contributed by atoms with van der Waals surface area (Å²) in [6.07, 6.45) is 2.82. The smallest absolute Gasteiger partial charge is 0.161 e. The van der Waals surface area contributed by atoms with Crippen LogP contribution in [0.15, 0.2) is 42.6 Å². The van der Waals surface area contributed by atoms with Crippen LogP contribution in [0.4, 0.5) is 0 Å². The number of aromatic nitrogens is 1. The van der Waals surface area contributed by atoms with Gasteiger partial charge in [-0.05, 0) is 53.4 Å². The molecule has 4 nitrogen and oxygen atoms in total. The summed E-state index contributed by atoms with van der Waals surface area (Å²) < 4.78 is 10.9. The summed E-state index contributed by atoms with van der Waals surface area (Å²) in [6.45, 7) is 2.68. The highest BCUT2D eigenvalue weighted by molar-refractivity contribution is 6.31. The Morgan fingerprint density at radius 3 is 2.62 bits per heavy atom. The van der Waals surface area contributed by atoms with Crippen molar-refractivity contribution in [2.24, 2.45) is 0 Å². The first-order valence-corrected chi connectivity index (χ1v) is 9.05. The number of hydrogen-bond acceptors (Lipinski definition) is 4. The van der Waals surface area contributed by atoms with Crippen LogP contribution < -0.4 is 9.47 Å². The monoisotopic (exact) mass is 368 g/mol. The summed E-state index contributed by atoms with van der Waals surface area (Å²) in [7, 11) is 3.35. The molecule has 0 unspecified atom stereocenters. The predicted molar refractivity (Wildman–Crippen MR) is 104 cm³/mol. The molecule has 0 amide bonds. The first-order chi connectivity index (χ1) is 12.7. The van der Waals surface area contributed by atoms with E-state index in [4.69, 9.17) is 21.1 Å². The second-order valence-electron chi connectivity index (χ2n) is 6.58. The third-order valence-electron chi connectivity index (χ3n) is 4.94. The van der Waals surface area contributed by atoms with Gasteiger partial charge >= 0.3 is 0 Å². The minimum atomic E-state index is 0.754. The van der Waals surface area contributed by atoms with Crippen molar-refractivity contribution in [1.29, 1.82) is 0 Å². The third kappa shape index (κ3) is 3.22. The van der Waals surface area contributed by atoms with Crippen LogP contribution in [0.3, 0.4) is 0 Å². The van der Waals surface area contributed by atoms with Crippen molar-refractivity contribution >= 4 is 22.5 Å². The van der Waals surface area contributed by atoms with E-state index in [0.717, 1.165) is 59.0 Å². The van der Waals surface area contributed by atoms with Gasteiger partial charge in [0.05, 0.1) is 19.7 Å². The Morgan fingerprint density at radius 2 is 1.85 bits per heavy atom. The molecule has 2 heterocycles. The summed E-state index contributed by atoms with van der Waals surface area (Å²) >= 11 is 6.32. The van der Waals surface area contributed by atoms with Gasteiger partial charge in [0, 0.05) is 36.2 Å². The van der Waals surface area contributed by atoms with Crippen molar-refractivity contribution in [3.63, 3.8) is 0 Å². The molecular weight excluding hydrogens is 348 g/mol. The molecule has 0 aliphatic carbocycles. The van der Waals surface area contributed by atoms with E-state index in [2.05, 4.69) is 28.1 Å². The minimum Gasteiger partial charge on any atom is -0.493 e. The van der Waals surface area contributed by atoms with E-state index in [-0.39, 0.29) is 0 Å². The van der Waals surface area contributed by atoms with Gasteiger partial charge in [-0.1, -0.05) is 17.7 Å². The van der Waals surface area contributed by atoms with Crippen LogP contribution in [0.1, 0.15) is 16.7 Å². The Morgan fingerprint density at radius 1 is 1.08 bits per heavy atom. The average Bonchev–Trinajstić information content (AvgIpc) is 2.66. The predicted octanol–water partition coefficient (Wildman–Crippen LogP) is 4.46. The first-order valence-electron chi connectivity index (χ1n) is 8.67. The fourth-order valence-electron chi connectivity index (χ4n) is 3.67. The summed E-state index contributed by atoms with van der Waals surface area (Å²) in [5.41, 5.74) is 4.80. The number of halogens is 1. The van der Waals surface area contributed by atoms with E-state index in [1.807, 2.05) is 24.4 Å². The van der Waals surface area contributed by atoms with Crippen molar-refractivity contribution in [3.05, 3.63) is 64.3 Å². The zero-order valence-corrected chi connectivity index (χ0v) is 15.7. The van der Waals surface area contributed by atoms with Gasteiger partial charge in [-0.25, -0.2) is 0 Å². The minimum absolute atomic E-state index is 0.754. The lowest BCUT2D eigenvalue weighted by atomic mass is 9.98. The van der Waals surface area contributed by atoms with Crippen molar-refractivity contribution in [2.75, 3.05) is 20.8 Å². The number of hydrogen-bond donors (Lipinski definition) is 0. The van der Waals surface area contributed by atoms with E-state index in [0.29, 0.717) is 0 Å². The fourth-order valence-corrected chi connectivity index (χ4v) is 3.91. The zero-order valence-electron chi connectivity index (χ0n) is 15.0. The molecule has 1 aliphatic rings. The largest absolute Gasteiger partial charge is 0.493 e. The molecular formula is C21H21ClN2O2. The lowest BCUT2D eigenvalue weighted by Crippen LogP contribution is -2.30. The molecule has 134 valence electrons. The van der Waals surface area contributed by atoms with Crippen LogP contribution in [0.2, 0.25) is 5.02 Å². The SMILES string of the molecule is COc1cc2c(cc1OC)CN(Cc1cc(Cl)cc3cccnc13)CC2. The van der Waals surface area contributed by atoms with Gasteiger partial charge < -0.3 is 9.47 Å². The number of methoxy groups -OCH3 is 2. The third-order valence-corrected chi connectivity index (χ3v) is 5.16. The second kappa shape index (κ2) is 7.14. The van der Waals surface area contributed by atoms with Gasteiger partial charge in [-0.2, -0.15) is 0 Å². The molecule has 0 atom stereocenters. The van der Waals surface area contributed by atoms with Gasteiger partial charge in [0.15, 0.2) is 11.5 Å². The Balaban J connectivity index is 1.62. The van der Waals surface area contributed by atoms with Crippen molar-refractivity contribution in [2.45, 2.75) is 19.5 Å². The molecule has 26 heavy (non-hydrogen) atoms. The molecule has 1 aliphatic heterocycles. The number of pyridine rings is 1. The van der Waals surface area contributed by atoms with Crippen LogP contribution in [-0.2, 0) is 19.5 Å². The molecule has 4 rings (SSSR count). The van der Waals surface area contributed by atoms with Crippen molar-refractivity contribution in [1.82, 2.24) is 9.88 Å². The first kappa shape index (κ1) is 17.1. The molecule has 5 heteroatoms. The summed E-state index contributed by atoms with van der Waals surface area (Å²) in [4.78, 5) is 6.98. The van der Waals surface area contributed by atoms with Gasteiger partial charge in [0.1, 0.15) is 0 Å². The Kier molecular flexibility index (Phi) is 4.70. The maximum Gasteiger partial charge on any atom is 0.161 e. The maximum absolute atomic E-state index is 6.32. The average molecular weight is 369 g/mol. The molecule has 2 aromatic carbocycles. The van der Waals surface area contributed by atoms with Crippen LogP contribution in [0.5, 0.6) is 11.5 Å². The van der Waals surface area contributed by atoms with Crippen molar-refractivity contribution < 1.29 is 9.47 Å². The fraction of sp³-hybridized carbons (Fsp3) is 0.286. The molecule has 3 aromatic rings. The summed E-state index contributed by atoms with van der Waals surface area (Å²) in [5, 5.41) is 1.84. The molecule has 1 aromatic heterocycles. The Hall–Kier alpha value is -2.30. The molecule has 0 radical (unpaired) electrons.